The molecular weight excluding hydrogens is 292 g/mol. The number of carbonyl (C=O) groups is 1. The Morgan fingerprint density at radius 1 is 1.30 bits per heavy atom. The van der Waals surface area contributed by atoms with Crippen LogP contribution in [0.5, 0.6) is 0 Å². The van der Waals surface area contributed by atoms with Crippen LogP contribution >= 0.6 is 0 Å². The molecule has 0 spiro atoms. The predicted octanol–water partition coefficient (Wildman–Crippen LogP) is 0.725. The average molecular weight is 312 g/mol. The summed E-state index contributed by atoms with van der Waals surface area (Å²) in [4.78, 5) is 24.1. The van der Waals surface area contributed by atoms with Crippen LogP contribution in [0.25, 0.3) is 0 Å². The van der Waals surface area contributed by atoms with E-state index < -0.39 is 5.91 Å². The second-order valence-corrected chi connectivity index (χ2v) is 5.63. The van der Waals surface area contributed by atoms with Crippen molar-refractivity contribution in [1.29, 1.82) is 0 Å². The van der Waals surface area contributed by atoms with Gasteiger partial charge in [0, 0.05) is 36.2 Å². The van der Waals surface area contributed by atoms with Gasteiger partial charge in [-0.2, -0.15) is 0 Å². The summed E-state index contributed by atoms with van der Waals surface area (Å²) >= 11 is 0. The molecule has 4 N–H and O–H groups in total. The number of carbonyl (C=O) groups excluding carboxylic acids is 1. The maximum atomic E-state index is 11.6. The first-order valence-corrected chi connectivity index (χ1v) is 7.73. The number of hydrogen-bond donors (Lipinski definition) is 3. The van der Waals surface area contributed by atoms with Crippen molar-refractivity contribution in [1.82, 2.24) is 20.3 Å². The van der Waals surface area contributed by atoms with Gasteiger partial charge in [-0.15, -0.1) is 0 Å². The van der Waals surface area contributed by atoms with E-state index in [1.165, 1.54) is 6.33 Å². The number of pyridine rings is 1. The van der Waals surface area contributed by atoms with Gasteiger partial charge < -0.3 is 16.4 Å². The first-order valence-electron chi connectivity index (χ1n) is 7.73. The van der Waals surface area contributed by atoms with E-state index in [1.54, 1.807) is 12.4 Å². The first kappa shape index (κ1) is 15.4. The number of piperidine rings is 1. The maximum Gasteiger partial charge on any atom is 0.252 e. The minimum absolute atomic E-state index is 0.337. The monoisotopic (exact) mass is 312 g/mol. The maximum absolute atomic E-state index is 11.6. The first-order chi connectivity index (χ1) is 11.2. The molecule has 2 aromatic rings. The Labute approximate surface area is 134 Å². The smallest absolute Gasteiger partial charge is 0.252 e. The number of aromatic nitrogens is 3. The van der Waals surface area contributed by atoms with Gasteiger partial charge in [0.05, 0.1) is 11.3 Å². The molecule has 1 aliphatic rings. The second kappa shape index (κ2) is 7.15. The van der Waals surface area contributed by atoms with Crippen molar-refractivity contribution >= 4 is 11.6 Å². The summed E-state index contributed by atoms with van der Waals surface area (Å²) < 4.78 is 0. The van der Waals surface area contributed by atoms with Crippen LogP contribution in [0.15, 0.2) is 30.9 Å². The number of anilines is 1. The van der Waals surface area contributed by atoms with E-state index >= 15 is 0 Å². The Morgan fingerprint density at radius 3 is 2.83 bits per heavy atom. The van der Waals surface area contributed by atoms with Crippen LogP contribution in [0.1, 0.15) is 34.6 Å². The third-order valence-corrected chi connectivity index (χ3v) is 3.93. The summed E-state index contributed by atoms with van der Waals surface area (Å²) in [5, 5.41) is 6.77. The molecule has 1 saturated heterocycles. The van der Waals surface area contributed by atoms with Crippen LogP contribution in [-0.4, -0.2) is 40.0 Å². The van der Waals surface area contributed by atoms with Gasteiger partial charge in [0.25, 0.3) is 5.91 Å². The molecule has 120 valence electrons. The molecule has 0 radical (unpaired) electrons. The van der Waals surface area contributed by atoms with Gasteiger partial charge in [-0.05, 0) is 38.1 Å². The molecule has 0 aromatic carbocycles. The van der Waals surface area contributed by atoms with Gasteiger partial charge in [0.1, 0.15) is 6.33 Å². The fourth-order valence-corrected chi connectivity index (χ4v) is 2.71. The quantitative estimate of drug-likeness (QED) is 0.751. The van der Waals surface area contributed by atoms with Crippen molar-refractivity contribution in [3.8, 4) is 0 Å². The van der Waals surface area contributed by atoms with E-state index in [0.717, 1.165) is 43.0 Å². The lowest BCUT2D eigenvalue weighted by atomic mass is 10.0. The molecular formula is C16H20N6O. The van der Waals surface area contributed by atoms with Crippen LogP contribution < -0.4 is 16.4 Å². The van der Waals surface area contributed by atoms with E-state index in [2.05, 4.69) is 25.6 Å². The largest absolute Gasteiger partial charge is 0.381 e. The highest BCUT2D eigenvalue weighted by atomic mass is 16.1. The van der Waals surface area contributed by atoms with Gasteiger partial charge >= 0.3 is 0 Å². The Hall–Kier alpha value is -2.54. The zero-order chi connectivity index (χ0) is 16.1. The van der Waals surface area contributed by atoms with Gasteiger partial charge in [-0.25, -0.2) is 9.97 Å². The molecule has 1 aliphatic heterocycles. The van der Waals surface area contributed by atoms with Crippen molar-refractivity contribution in [2.45, 2.75) is 25.3 Å². The van der Waals surface area contributed by atoms with E-state index in [0.29, 0.717) is 18.0 Å². The Morgan fingerprint density at radius 2 is 2.13 bits per heavy atom. The number of amides is 1. The number of nitrogens with zero attached hydrogens (tertiary/aromatic N) is 3. The molecule has 3 heterocycles. The summed E-state index contributed by atoms with van der Waals surface area (Å²) in [6, 6.07) is 4.08. The lowest BCUT2D eigenvalue weighted by Gasteiger charge is -2.25. The summed E-state index contributed by atoms with van der Waals surface area (Å²) in [6.45, 7) is 1.95. The number of primary amides is 1. The highest BCUT2D eigenvalue weighted by Gasteiger charge is 2.17. The van der Waals surface area contributed by atoms with Crippen LogP contribution in [0.2, 0.25) is 0 Å². The standard InChI is InChI=1S/C16H20N6O/c17-16(23)14-9-20-13(7-12-3-6-19-10-21-12)8-15(14)22-11-1-4-18-5-2-11/h3,6,8-11,18H,1-2,4-5,7H2,(H2,17,23)(H,20,22). The summed E-state index contributed by atoms with van der Waals surface area (Å²) in [5.41, 5.74) is 8.37. The molecule has 1 fully saturated rings. The molecule has 0 atom stereocenters. The van der Waals surface area contributed by atoms with E-state index in [4.69, 9.17) is 5.73 Å². The molecule has 0 aliphatic carbocycles. The normalized spacial score (nSPS) is 15.3. The van der Waals surface area contributed by atoms with Gasteiger partial charge in [0.15, 0.2) is 0 Å². The lowest BCUT2D eigenvalue weighted by Crippen LogP contribution is -2.35. The van der Waals surface area contributed by atoms with Crippen molar-refractivity contribution in [2.75, 3.05) is 18.4 Å². The minimum atomic E-state index is -0.470. The SMILES string of the molecule is NC(=O)c1cnc(Cc2ccncn2)cc1NC1CCNCC1. The van der Waals surface area contributed by atoms with Crippen molar-refractivity contribution in [3.63, 3.8) is 0 Å². The average Bonchev–Trinajstić information content (AvgIpc) is 2.57. The molecule has 7 heteroatoms. The molecule has 0 bridgehead atoms. The highest BCUT2D eigenvalue weighted by molar-refractivity contribution is 5.98. The molecule has 3 rings (SSSR count). The third-order valence-electron chi connectivity index (χ3n) is 3.93. The molecule has 2 aromatic heterocycles. The number of rotatable bonds is 5. The van der Waals surface area contributed by atoms with E-state index in [9.17, 15) is 4.79 Å². The molecule has 1 amide bonds. The minimum Gasteiger partial charge on any atom is -0.381 e. The molecule has 23 heavy (non-hydrogen) atoms. The van der Waals surface area contributed by atoms with Gasteiger partial charge in [-0.1, -0.05) is 0 Å². The zero-order valence-electron chi connectivity index (χ0n) is 12.8. The van der Waals surface area contributed by atoms with Gasteiger partial charge in [0.2, 0.25) is 0 Å². The van der Waals surface area contributed by atoms with Crippen molar-refractivity contribution < 1.29 is 4.79 Å². The fraction of sp³-hybridized carbons (Fsp3) is 0.375. The summed E-state index contributed by atoms with van der Waals surface area (Å²) in [5.74, 6) is -0.470. The summed E-state index contributed by atoms with van der Waals surface area (Å²) in [7, 11) is 0. The van der Waals surface area contributed by atoms with E-state index in [1.807, 2.05) is 12.1 Å². The van der Waals surface area contributed by atoms with Crippen molar-refractivity contribution in [3.05, 3.63) is 47.8 Å². The Kier molecular flexibility index (Phi) is 4.77. The fourth-order valence-electron chi connectivity index (χ4n) is 2.71. The Bertz CT molecular complexity index is 670. The number of nitrogens with one attached hydrogen (secondary N) is 2. The second-order valence-electron chi connectivity index (χ2n) is 5.63. The highest BCUT2D eigenvalue weighted by Crippen LogP contribution is 2.20. The van der Waals surface area contributed by atoms with Crippen LogP contribution in [0, 0.1) is 0 Å². The van der Waals surface area contributed by atoms with E-state index in [-0.39, 0.29) is 0 Å². The lowest BCUT2D eigenvalue weighted by molar-refractivity contribution is 0.100. The third kappa shape index (κ3) is 4.01. The number of hydrogen-bond acceptors (Lipinski definition) is 6. The van der Waals surface area contributed by atoms with Crippen LogP contribution in [-0.2, 0) is 6.42 Å². The number of nitrogens with two attached hydrogens (primary N) is 1. The summed E-state index contributed by atoms with van der Waals surface area (Å²) in [6.07, 6.45) is 7.38. The van der Waals surface area contributed by atoms with Crippen LogP contribution in [0.4, 0.5) is 5.69 Å². The van der Waals surface area contributed by atoms with Gasteiger partial charge in [-0.3, -0.25) is 9.78 Å². The van der Waals surface area contributed by atoms with Crippen molar-refractivity contribution in [2.24, 2.45) is 5.73 Å². The zero-order valence-corrected chi connectivity index (χ0v) is 12.8. The topological polar surface area (TPSA) is 106 Å². The predicted molar refractivity (Wildman–Crippen MR) is 87.1 cm³/mol. The van der Waals surface area contributed by atoms with Crippen LogP contribution in [0.3, 0.4) is 0 Å². The molecule has 0 saturated carbocycles. The Balaban J connectivity index is 1.82. The molecule has 7 nitrogen and oxygen atoms in total. The molecule has 0 unspecified atom stereocenters.